The number of hydrogen-bond donors (Lipinski definition) is 2. The van der Waals surface area contributed by atoms with E-state index in [1.54, 1.807) is 0 Å². The zero-order chi connectivity index (χ0) is 13.0. The first-order valence-electron chi connectivity index (χ1n) is 5.66. The number of rotatable bonds is 4. The number of ether oxygens (including phenoxy) is 1. The first-order valence-corrected chi connectivity index (χ1v) is 9.24. The van der Waals surface area contributed by atoms with Crippen LogP contribution in [0.4, 0.5) is 4.79 Å². The third-order valence-electron chi connectivity index (χ3n) is 2.15. The van der Waals surface area contributed by atoms with Crippen LogP contribution >= 0.6 is 0 Å². The maximum Gasteiger partial charge on any atom is 0.407 e. The van der Waals surface area contributed by atoms with Gasteiger partial charge in [-0.3, -0.25) is 0 Å². The van der Waals surface area contributed by atoms with Crippen molar-refractivity contribution in [2.24, 2.45) is 0 Å². The van der Waals surface area contributed by atoms with Gasteiger partial charge in [-0.05, 0) is 27.2 Å². The van der Waals surface area contributed by atoms with Crippen LogP contribution in [0.1, 0.15) is 27.2 Å². The molecule has 5 heteroatoms. The Kier molecular flexibility index (Phi) is 5.48. The second kappa shape index (κ2) is 5.68. The molecule has 0 radical (unpaired) electrons. The summed E-state index contributed by atoms with van der Waals surface area (Å²) in [7, 11) is -1.52. The molecule has 0 heterocycles. The Morgan fingerprint density at radius 1 is 1.38 bits per heavy atom. The van der Waals surface area contributed by atoms with Gasteiger partial charge in [0, 0.05) is 12.3 Å². The summed E-state index contributed by atoms with van der Waals surface area (Å²) in [5, 5.41) is 11.8. The third kappa shape index (κ3) is 6.84. The minimum Gasteiger partial charge on any atom is -0.444 e. The molecule has 2 N–H and O–H groups in total. The number of carbonyl (C=O) groups is 1. The number of alkyl carbamates (subject to hydrolysis) is 1. The number of aliphatic hydroxyl groups excluding tert-OH is 1. The molecule has 0 aromatic heterocycles. The molecule has 4 nitrogen and oxygen atoms in total. The van der Waals surface area contributed by atoms with Crippen LogP contribution in [0.25, 0.3) is 0 Å². The van der Waals surface area contributed by atoms with Crippen molar-refractivity contribution in [3.63, 3.8) is 0 Å². The Hall–Kier alpha value is -0.553. The molecule has 1 amide bonds. The zero-order valence-electron chi connectivity index (χ0n) is 11.3. The van der Waals surface area contributed by atoms with Crippen molar-refractivity contribution >= 4 is 14.2 Å². The molecule has 16 heavy (non-hydrogen) atoms. The molecule has 1 unspecified atom stereocenters. The van der Waals surface area contributed by atoms with Gasteiger partial charge in [-0.2, -0.15) is 0 Å². The van der Waals surface area contributed by atoms with Crippen LogP contribution in [0.3, 0.4) is 0 Å². The smallest absolute Gasteiger partial charge is 0.407 e. The summed E-state index contributed by atoms with van der Waals surface area (Å²) < 4.78 is 5.20. The van der Waals surface area contributed by atoms with Gasteiger partial charge in [0.25, 0.3) is 0 Å². The van der Waals surface area contributed by atoms with E-state index in [9.17, 15) is 4.79 Å². The van der Waals surface area contributed by atoms with E-state index in [2.05, 4.69) is 25.0 Å². The fourth-order valence-corrected chi connectivity index (χ4v) is 2.85. The van der Waals surface area contributed by atoms with Crippen LogP contribution in [0, 0.1) is 0 Å². The summed E-state index contributed by atoms with van der Waals surface area (Å²) in [6.07, 6.45) is 0.197. The summed E-state index contributed by atoms with van der Waals surface area (Å²) in [6, 6.07) is 0. The molecule has 0 saturated carbocycles. The second-order valence-electron chi connectivity index (χ2n) is 6.08. The summed E-state index contributed by atoms with van der Waals surface area (Å²) in [5.74, 6) is 0. The minimum absolute atomic E-state index is 0.0485. The number of amides is 1. The highest BCUT2D eigenvalue weighted by molar-refractivity contribution is 6.77. The first-order chi connectivity index (χ1) is 7.06. The van der Waals surface area contributed by atoms with E-state index < -0.39 is 19.8 Å². The quantitative estimate of drug-likeness (QED) is 0.748. The Balaban J connectivity index is 4.36. The molecule has 96 valence electrons. The predicted molar refractivity (Wildman–Crippen MR) is 68.2 cm³/mol. The van der Waals surface area contributed by atoms with Crippen molar-refractivity contribution in [1.29, 1.82) is 0 Å². The van der Waals surface area contributed by atoms with Gasteiger partial charge in [-0.1, -0.05) is 19.6 Å². The van der Waals surface area contributed by atoms with Crippen LogP contribution in [0.15, 0.2) is 0 Å². The van der Waals surface area contributed by atoms with E-state index >= 15 is 0 Å². The van der Waals surface area contributed by atoms with Crippen molar-refractivity contribution in [2.45, 2.75) is 58.1 Å². The fraction of sp³-hybridized carbons (Fsp3) is 0.909. The second-order valence-corrected chi connectivity index (χ2v) is 11.5. The van der Waals surface area contributed by atoms with Crippen LogP contribution < -0.4 is 5.32 Å². The van der Waals surface area contributed by atoms with E-state index in [0.29, 0.717) is 6.42 Å². The lowest BCUT2D eigenvalue weighted by Crippen LogP contribution is -2.52. The maximum absolute atomic E-state index is 11.6. The molecule has 0 aliphatic heterocycles. The molecule has 0 spiro atoms. The van der Waals surface area contributed by atoms with Crippen LogP contribution in [-0.4, -0.2) is 37.1 Å². The number of carbonyl (C=O) groups excluding carboxylic acids is 1. The number of aliphatic hydroxyl groups is 1. The largest absolute Gasteiger partial charge is 0.444 e. The highest BCUT2D eigenvalue weighted by Crippen LogP contribution is 2.13. The van der Waals surface area contributed by atoms with Gasteiger partial charge in [0.15, 0.2) is 0 Å². The third-order valence-corrected chi connectivity index (χ3v) is 4.68. The molecule has 1 atom stereocenters. The topological polar surface area (TPSA) is 58.6 Å². The highest BCUT2D eigenvalue weighted by atomic mass is 28.3. The van der Waals surface area contributed by atoms with Gasteiger partial charge < -0.3 is 15.2 Å². The average Bonchev–Trinajstić information content (AvgIpc) is 1.97. The van der Waals surface area contributed by atoms with Crippen LogP contribution in [0.2, 0.25) is 19.6 Å². The maximum atomic E-state index is 11.6. The van der Waals surface area contributed by atoms with Gasteiger partial charge in [-0.15, -0.1) is 0 Å². The predicted octanol–water partition coefficient (Wildman–Crippen LogP) is 2.14. The summed E-state index contributed by atoms with van der Waals surface area (Å²) >= 11 is 0. The Bertz CT molecular complexity index is 230. The van der Waals surface area contributed by atoms with Crippen molar-refractivity contribution in [1.82, 2.24) is 5.32 Å². The van der Waals surface area contributed by atoms with Crippen molar-refractivity contribution < 1.29 is 14.6 Å². The van der Waals surface area contributed by atoms with E-state index in [-0.39, 0.29) is 12.3 Å². The lowest BCUT2D eigenvalue weighted by molar-refractivity contribution is 0.0513. The number of hydrogen-bond acceptors (Lipinski definition) is 3. The molecular formula is C11H25NO3Si. The molecule has 0 saturated heterocycles. The van der Waals surface area contributed by atoms with Gasteiger partial charge >= 0.3 is 6.09 Å². The molecule has 0 aliphatic carbocycles. The van der Waals surface area contributed by atoms with E-state index in [4.69, 9.17) is 9.84 Å². The van der Waals surface area contributed by atoms with Gasteiger partial charge in [0.1, 0.15) is 5.60 Å². The fourth-order valence-electron chi connectivity index (χ4n) is 1.30. The zero-order valence-corrected chi connectivity index (χ0v) is 12.3. The Labute approximate surface area is 99.4 Å². The minimum atomic E-state index is -1.52. The molecule has 0 rings (SSSR count). The van der Waals surface area contributed by atoms with E-state index in [0.717, 1.165) is 0 Å². The van der Waals surface area contributed by atoms with Crippen molar-refractivity contribution in [2.75, 3.05) is 6.61 Å². The molecule has 0 bridgehead atoms. The highest BCUT2D eigenvalue weighted by Gasteiger charge is 2.29. The summed E-state index contributed by atoms with van der Waals surface area (Å²) in [5.41, 5.74) is -0.430. The SMILES string of the molecule is CC(C)(C)OC(=O)NC(CCO)[Si](C)(C)C. The summed E-state index contributed by atoms with van der Waals surface area (Å²) in [6.45, 7) is 12.1. The normalized spacial score (nSPS) is 14.4. The van der Waals surface area contributed by atoms with Crippen LogP contribution in [-0.2, 0) is 4.74 Å². The standard InChI is InChI=1S/C11H25NO3Si/c1-11(2,3)15-10(14)12-9(7-8-13)16(4,5)6/h9,13H,7-8H2,1-6H3,(H,12,14). The van der Waals surface area contributed by atoms with E-state index in [1.165, 1.54) is 0 Å². The van der Waals surface area contributed by atoms with Gasteiger partial charge in [0.05, 0.1) is 8.07 Å². The summed E-state index contributed by atoms with van der Waals surface area (Å²) in [4.78, 5) is 11.6. The molecular weight excluding hydrogens is 222 g/mol. The average molecular weight is 247 g/mol. The van der Waals surface area contributed by atoms with Crippen LogP contribution in [0.5, 0.6) is 0 Å². The molecule has 0 fully saturated rings. The van der Waals surface area contributed by atoms with Crippen molar-refractivity contribution in [3.8, 4) is 0 Å². The monoisotopic (exact) mass is 247 g/mol. The first kappa shape index (κ1) is 15.4. The lowest BCUT2D eigenvalue weighted by atomic mass is 10.2. The van der Waals surface area contributed by atoms with Gasteiger partial charge in [0.2, 0.25) is 0 Å². The Morgan fingerprint density at radius 3 is 2.19 bits per heavy atom. The molecule has 0 aliphatic rings. The number of nitrogens with one attached hydrogen (secondary N) is 1. The van der Waals surface area contributed by atoms with Crippen molar-refractivity contribution in [3.05, 3.63) is 0 Å². The van der Waals surface area contributed by atoms with E-state index in [1.807, 2.05) is 20.8 Å². The Morgan fingerprint density at radius 2 is 1.88 bits per heavy atom. The lowest BCUT2D eigenvalue weighted by Gasteiger charge is -2.30. The van der Waals surface area contributed by atoms with Gasteiger partial charge in [-0.25, -0.2) is 4.79 Å². The molecule has 0 aromatic rings. The molecule has 0 aromatic carbocycles.